The van der Waals surface area contributed by atoms with Gasteiger partial charge in [0.15, 0.2) is 0 Å². The zero-order valence-electron chi connectivity index (χ0n) is 10.2. The molecule has 94 valence electrons. The Bertz CT molecular complexity index is 561. The minimum Gasteiger partial charge on any atom is -0.323 e. The highest BCUT2D eigenvalue weighted by molar-refractivity contribution is 9.10. The molecule has 1 nitrogen and oxygen atoms in total. The van der Waals surface area contributed by atoms with E-state index in [4.69, 9.17) is 5.73 Å². The Hall–Kier alpha value is -0.640. The summed E-state index contributed by atoms with van der Waals surface area (Å²) in [6.07, 6.45) is 4.72. The summed E-state index contributed by atoms with van der Waals surface area (Å²) in [6.45, 7) is 0. The van der Waals surface area contributed by atoms with Crippen molar-refractivity contribution in [3.63, 3.8) is 0 Å². The summed E-state index contributed by atoms with van der Waals surface area (Å²) in [5.74, 6) is 0. The molecule has 1 aliphatic carbocycles. The van der Waals surface area contributed by atoms with Crippen LogP contribution in [0, 0.1) is 0 Å². The molecular formula is C15H16BrNS. The maximum atomic E-state index is 6.30. The van der Waals surface area contributed by atoms with E-state index >= 15 is 0 Å². The Kier molecular flexibility index (Phi) is 3.55. The average Bonchev–Trinajstić information content (AvgIpc) is 2.96. The maximum absolute atomic E-state index is 6.30. The van der Waals surface area contributed by atoms with Gasteiger partial charge in [-0.15, -0.1) is 11.3 Å². The van der Waals surface area contributed by atoms with Crippen LogP contribution in [-0.4, -0.2) is 0 Å². The number of aryl methyl sites for hydroxylation is 2. The molecule has 0 bridgehead atoms. The van der Waals surface area contributed by atoms with E-state index in [0.29, 0.717) is 0 Å². The highest BCUT2D eigenvalue weighted by Crippen LogP contribution is 2.30. The number of benzene rings is 1. The molecule has 0 fully saturated rings. The van der Waals surface area contributed by atoms with Crippen LogP contribution in [-0.2, 0) is 19.3 Å². The van der Waals surface area contributed by atoms with E-state index < -0.39 is 0 Å². The number of rotatable bonds is 3. The molecule has 0 aliphatic heterocycles. The van der Waals surface area contributed by atoms with E-state index in [1.54, 1.807) is 11.3 Å². The molecule has 2 aromatic rings. The molecule has 0 spiro atoms. The van der Waals surface area contributed by atoms with Crippen LogP contribution >= 0.6 is 27.3 Å². The molecule has 1 aliphatic rings. The second-order valence-electron chi connectivity index (χ2n) is 4.90. The van der Waals surface area contributed by atoms with E-state index in [1.807, 2.05) is 0 Å². The van der Waals surface area contributed by atoms with Crippen molar-refractivity contribution in [2.75, 3.05) is 0 Å². The third-order valence-corrected chi connectivity index (χ3v) is 5.60. The van der Waals surface area contributed by atoms with Gasteiger partial charge in [-0.05, 0) is 69.8 Å². The maximum Gasteiger partial charge on any atom is 0.0442 e. The first-order valence-corrected chi connectivity index (χ1v) is 8.00. The number of halogens is 1. The van der Waals surface area contributed by atoms with Gasteiger partial charge in [-0.3, -0.25) is 0 Å². The van der Waals surface area contributed by atoms with E-state index in [9.17, 15) is 0 Å². The van der Waals surface area contributed by atoms with Gasteiger partial charge in [-0.1, -0.05) is 18.2 Å². The topological polar surface area (TPSA) is 26.0 Å². The Morgan fingerprint density at radius 1 is 1.22 bits per heavy atom. The molecule has 1 unspecified atom stereocenters. The van der Waals surface area contributed by atoms with Gasteiger partial charge >= 0.3 is 0 Å². The summed E-state index contributed by atoms with van der Waals surface area (Å²) in [4.78, 5) is 1.25. The molecule has 3 heteroatoms. The monoisotopic (exact) mass is 321 g/mol. The molecule has 1 atom stereocenters. The highest BCUT2D eigenvalue weighted by Gasteiger charge is 2.15. The molecule has 1 heterocycles. The van der Waals surface area contributed by atoms with Gasteiger partial charge in [0.05, 0.1) is 0 Å². The van der Waals surface area contributed by atoms with Gasteiger partial charge in [0.2, 0.25) is 0 Å². The largest absolute Gasteiger partial charge is 0.323 e. The lowest BCUT2D eigenvalue weighted by molar-refractivity contribution is 0.733. The smallest absolute Gasteiger partial charge is 0.0442 e. The summed E-state index contributed by atoms with van der Waals surface area (Å²) in [5, 5.41) is 2.09. The van der Waals surface area contributed by atoms with Crippen LogP contribution in [0.1, 0.15) is 34.0 Å². The number of nitrogens with two attached hydrogens (primary N) is 1. The third kappa shape index (κ3) is 2.40. The van der Waals surface area contributed by atoms with Crippen molar-refractivity contribution in [1.82, 2.24) is 0 Å². The number of hydrogen-bond acceptors (Lipinski definition) is 2. The third-order valence-electron chi connectivity index (χ3n) is 3.60. The lowest BCUT2D eigenvalue weighted by atomic mass is 10.0. The summed E-state index contributed by atoms with van der Waals surface area (Å²) in [5.41, 5.74) is 10.7. The van der Waals surface area contributed by atoms with Gasteiger partial charge in [0.1, 0.15) is 0 Å². The van der Waals surface area contributed by atoms with Gasteiger partial charge in [0.25, 0.3) is 0 Å². The summed E-state index contributed by atoms with van der Waals surface area (Å²) in [7, 11) is 0. The van der Waals surface area contributed by atoms with Crippen LogP contribution in [0.5, 0.6) is 0 Å². The van der Waals surface area contributed by atoms with Crippen LogP contribution in [0.4, 0.5) is 0 Å². The number of thiophene rings is 1. The fourth-order valence-electron chi connectivity index (χ4n) is 2.67. The molecule has 0 saturated carbocycles. The predicted molar refractivity (Wildman–Crippen MR) is 81.1 cm³/mol. The van der Waals surface area contributed by atoms with E-state index in [0.717, 1.165) is 10.9 Å². The first-order chi connectivity index (χ1) is 8.74. The predicted octanol–water partition coefficient (Wildman–Crippen LogP) is 4.24. The number of hydrogen-bond donors (Lipinski definition) is 1. The van der Waals surface area contributed by atoms with Crippen LogP contribution in [0.2, 0.25) is 0 Å². The highest BCUT2D eigenvalue weighted by atomic mass is 79.9. The van der Waals surface area contributed by atoms with Gasteiger partial charge in [0, 0.05) is 15.4 Å². The van der Waals surface area contributed by atoms with Crippen LogP contribution < -0.4 is 5.73 Å². The molecule has 2 N–H and O–H groups in total. The average molecular weight is 322 g/mol. The van der Waals surface area contributed by atoms with Crippen molar-refractivity contribution >= 4 is 27.3 Å². The van der Waals surface area contributed by atoms with Crippen molar-refractivity contribution in [3.8, 4) is 0 Å². The molecule has 0 saturated heterocycles. The molecule has 18 heavy (non-hydrogen) atoms. The Morgan fingerprint density at radius 3 is 2.83 bits per heavy atom. The molecule has 0 amide bonds. The van der Waals surface area contributed by atoms with Crippen molar-refractivity contribution < 1.29 is 0 Å². The zero-order valence-corrected chi connectivity index (χ0v) is 12.6. The Labute approximate surface area is 120 Å². The quantitative estimate of drug-likeness (QED) is 0.898. The Morgan fingerprint density at radius 2 is 2.06 bits per heavy atom. The van der Waals surface area contributed by atoms with Crippen LogP contribution in [0.15, 0.2) is 34.1 Å². The second kappa shape index (κ2) is 5.16. The van der Waals surface area contributed by atoms with E-state index in [2.05, 4.69) is 45.6 Å². The van der Waals surface area contributed by atoms with Crippen molar-refractivity contribution in [2.24, 2.45) is 5.73 Å². The van der Waals surface area contributed by atoms with E-state index in [-0.39, 0.29) is 6.04 Å². The second-order valence-corrected chi connectivity index (χ2v) is 6.70. The summed E-state index contributed by atoms with van der Waals surface area (Å²) < 4.78 is 1.14. The Balaban J connectivity index is 1.79. The first kappa shape index (κ1) is 12.4. The number of fused-ring (bicyclic) bond motifs is 1. The molecular weight excluding hydrogens is 306 g/mol. The van der Waals surface area contributed by atoms with Gasteiger partial charge < -0.3 is 5.73 Å². The van der Waals surface area contributed by atoms with Crippen molar-refractivity contribution in [1.29, 1.82) is 0 Å². The first-order valence-electron chi connectivity index (χ1n) is 6.33. The summed E-state index contributed by atoms with van der Waals surface area (Å²) >= 11 is 5.29. The molecule has 3 rings (SSSR count). The van der Waals surface area contributed by atoms with E-state index in [1.165, 1.54) is 40.8 Å². The SMILES string of the molecule is NC(Cc1ccc2c(c1)CCC2)c1sccc1Br. The molecule has 0 radical (unpaired) electrons. The van der Waals surface area contributed by atoms with Crippen LogP contribution in [0.25, 0.3) is 0 Å². The molecule has 1 aromatic carbocycles. The minimum absolute atomic E-state index is 0.0961. The molecule has 1 aromatic heterocycles. The zero-order chi connectivity index (χ0) is 12.5. The summed E-state index contributed by atoms with van der Waals surface area (Å²) in [6, 6.07) is 9.05. The normalized spacial score (nSPS) is 15.7. The standard InChI is InChI=1S/C15H16BrNS/c16-13-6-7-18-15(13)14(17)9-10-4-5-11-2-1-3-12(11)8-10/h4-8,14H,1-3,9,17H2. The fraction of sp³-hybridized carbons (Fsp3) is 0.333. The lowest BCUT2D eigenvalue weighted by Crippen LogP contribution is -2.12. The minimum atomic E-state index is 0.0961. The van der Waals surface area contributed by atoms with Gasteiger partial charge in [-0.2, -0.15) is 0 Å². The lowest BCUT2D eigenvalue weighted by Gasteiger charge is -2.12. The van der Waals surface area contributed by atoms with Crippen molar-refractivity contribution in [3.05, 3.63) is 55.7 Å². The fourth-order valence-corrected chi connectivity index (χ4v) is 4.34. The van der Waals surface area contributed by atoms with Gasteiger partial charge in [-0.25, -0.2) is 0 Å². The van der Waals surface area contributed by atoms with Crippen molar-refractivity contribution in [2.45, 2.75) is 31.7 Å². The van der Waals surface area contributed by atoms with Crippen LogP contribution in [0.3, 0.4) is 0 Å².